The molecule has 1 aliphatic heterocycles. The van der Waals surface area contributed by atoms with E-state index in [1.807, 2.05) is 0 Å². The van der Waals surface area contributed by atoms with Gasteiger partial charge in [0.1, 0.15) is 17.1 Å². The summed E-state index contributed by atoms with van der Waals surface area (Å²) in [5, 5.41) is 0. The first-order valence-electron chi connectivity index (χ1n) is 6.79. The number of methoxy groups -OCH3 is 2. The molecule has 1 heterocycles. The van der Waals surface area contributed by atoms with Crippen LogP contribution in [0.15, 0.2) is 18.2 Å². The highest BCUT2D eigenvalue weighted by Gasteiger charge is 2.27. The van der Waals surface area contributed by atoms with Gasteiger partial charge in [-0.1, -0.05) is 0 Å². The molecule has 0 spiro atoms. The van der Waals surface area contributed by atoms with E-state index in [1.165, 1.54) is 20.3 Å². The van der Waals surface area contributed by atoms with Gasteiger partial charge < -0.3 is 14.2 Å². The van der Waals surface area contributed by atoms with Crippen molar-refractivity contribution in [3.05, 3.63) is 23.8 Å². The minimum absolute atomic E-state index is 0.184. The second-order valence-electron chi connectivity index (χ2n) is 4.69. The molecule has 1 fully saturated rings. The number of hydrogen-bond acceptors (Lipinski definition) is 6. The lowest BCUT2D eigenvalue weighted by Gasteiger charge is -2.14. The van der Waals surface area contributed by atoms with E-state index in [1.54, 1.807) is 12.1 Å². The highest BCUT2D eigenvalue weighted by atomic mass is 16.5. The van der Waals surface area contributed by atoms with Crippen molar-refractivity contribution < 1.29 is 28.6 Å². The highest BCUT2D eigenvalue weighted by molar-refractivity contribution is 5.99. The molecular weight excluding hydrogens is 290 g/mol. The van der Waals surface area contributed by atoms with E-state index in [9.17, 15) is 14.4 Å². The molecule has 0 saturated carbocycles. The SMILES string of the molecule is COc1ccc(C(=O)OCC(=O)N2CCCC2=O)c(OC)c1. The zero-order valence-corrected chi connectivity index (χ0v) is 12.5. The minimum Gasteiger partial charge on any atom is -0.497 e. The number of imide groups is 1. The lowest BCUT2D eigenvalue weighted by molar-refractivity contribution is -0.143. The van der Waals surface area contributed by atoms with Crippen LogP contribution < -0.4 is 9.47 Å². The van der Waals surface area contributed by atoms with Crippen LogP contribution in [0.3, 0.4) is 0 Å². The predicted molar refractivity (Wildman–Crippen MR) is 75.8 cm³/mol. The third kappa shape index (κ3) is 3.36. The first-order valence-corrected chi connectivity index (χ1v) is 6.79. The van der Waals surface area contributed by atoms with Crippen LogP contribution in [-0.2, 0) is 14.3 Å². The lowest BCUT2D eigenvalue weighted by Crippen LogP contribution is -2.35. The summed E-state index contributed by atoms with van der Waals surface area (Å²) >= 11 is 0. The third-order valence-corrected chi connectivity index (χ3v) is 3.33. The van der Waals surface area contributed by atoms with Gasteiger partial charge in [-0.3, -0.25) is 14.5 Å². The van der Waals surface area contributed by atoms with Gasteiger partial charge >= 0.3 is 5.97 Å². The van der Waals surface area contributed by atoms with Gasteiger partial charge in [-0.05, 0) is 18.6 Å². The van der Waals surface area contributed by atoms with E-state index < -0.39 is 18.5 Å². The molecule has 0 aliphatic carbocycles. The number of esters is 1. The molecule has 0 atom stereocenters. The normalized spacial score (nSPS) is 13.9. The number of nitrogens with zero attached hydrogens (tertiary/aromatic N) is 1. The molecule has 7 heteroatoms. The molecule has 0 radical (unpaired) electrons. The predicted octanol–water partition coefficient (Wildman–Crippen LogP) is 1.01. The van der Waals surface area contributed by atoms with Crippen LogP contribution in [0.2, 0.25) is 0 Å². The van der Waals surface area contributed by atoms with Crippen LogP contribution in [0.1, 0.15) is 23.2 Å². The standard InChI is InChI=1S/C15H17NO6/c1-20-10-5-6-11(12(8-10)21-2)15(19)22-9-14(18)16-7-3-4-13(16)17/h5-6,8H,3-4,7,9H2,1-2H3. The summed E-state index contributed by atoms with van der Waals surface area (Å²) in [5.41, 5.74) is 0.184. The number of hydrogen-bond donors (Lipinski definition) is 0. The first kappa shape index (κ1) is 15.8. The zero-order valence-electron chi connectivity index (χ0n) is 12.5. The zero-order chi connectivity index (χ0) is 16.1. The van der Waals surface area contributed by atoms with Gasteiger partial charge in [0, 0.05) is 19.0 Å². The summed E-state index contributed by atoms with van der Waals surface area (Å²) in [5.74, 6) is -0.618. The van der Waals surface area contributed by atoms with Crippen molar-refractivity contribution in [1.82, 2.24) is 4.90 Å². The molecule has 2 amide bonds. The molecule has 2 rings (SSSR count). The Morgan fingerprint density at radius 2 is 2.00 bits per heavy atom. The molecule has 22 heavy (non-hydrogen) atoms. The minimum atomic E-state index is -0.695. The molecule has 0 unspecified atom stereocenters. The molecule has 1 aromatic rings. The molecule has 7 nitrogen and oxygen atoms in total. The second kappa shape index (κ2) is 6.93. The van der Waals surface area contributed by atoms with Crippen LogP contribution >= 0.6 is 0 Å². The van der Waals surface area contributed by atoms with Crippen LogP contribution in [0.5, 0.6) is 11.5 Å². The van der Waals surface area contributed by atoms with E-state index >= 15 is 0 Å². The Balaban J connectivity index is 2.00. The van der Waals surface area contributed by atoms with Gasteiger partial charge in [-0.25, -0.2) is 4.79 Å². The van der Waals surface area contributed by atoms with Gasteiger partial charge in [0.05, 0.1) is 14.2 Å². The van der Waals surface area contributed by atoms with Crippen LogP contribution in [0, 0.1) is 0 Å². The molecule has 118 valence electrons. The average Bonchev–Trinajstić information content (AvgIpc) is 2.97. The Kier molecular flexibility index (Phi) is 4.98. The average molecular weight is 307 g/mol. The maximum atomic E-state index is 12.0. The monoisotopic (exact) mass is 307 g/mol. The van der Waals surface area contributed by atoms with Gasteiger partial charge in [-0.2, -0.15) is 0 Å². The molecule has 1 saturated heterocycles. The van der Waals surface area contributed by atoms with E-state index in [-0.39, 0.29) is 17.2 Å². The number of rotatable bonds is 5. The fourth-order valence-electron chi connectivity index (χ4n) is 2.16. The fraction of sp³-hybridized carbons (Fsp3) is 0.400. The summed E-state index contributed by atoms with van der Waals surface area (Å²) in [4.78, 5) is 36.4. The third-order valence-electron chi connectivity index (χ3n) is 3.33. The highest BCUT2D eigenvalue weighted by Crippen LogP contribution is 2.25. The first-order chi connectivity index (χ1) is 10.6. The maximum Gasteiger partial charge on any atom is 0.342 e. The second-order valence-corrected chi connectivity index (χ2v) is 4.69. The number of carbonyl (C=O) groups is 3. The number of amides is 2. The molecule has 0 bridgehead atoms. The Labute approximate surface area is 127 Å². The van der Waals surface area contributed by atoms with Crippen LogP contribution in [0.4, 0.5) is 0 Å². The maximum absolute atomic E-state index is 12.0. The summed E-state index contributed by atoms with van der Waals surface area (Å²) in [6.45, 7) is -0.0964. The number of carbonyl (C=O) groups excluding carboxylic acids is 3. The van der Waals surface area contributed by atoms with Gasteiger partial charge in [0.15, 0.2) is 6.61 Å². The molecular formula is C15H17NO6. The lowest BCUT2D eigenvalue weighted by atomic mass is 10.2. The van der Waals surface area contributed by atoms with Crippen molar-refractivity contribution in [3.8, 4) is 11.5 Å². The summed E-state index contributed by atoms with van der Waals surface area (Å²) < 4.78 is 15.1. The molecule has 0 aromatic heterocycles. The van der Waals surface area contributed by atoms with Crippen molar-refractivity contribution >= 4 is 17.8 Å². The van der Waals surface area contributed by atoms with Gasteiger partial charge in [0.25, 0.3) is 5.91 Å². The number of ether oxygens (including phenoxy) is 3. The van der Waals surface area contributed by atoms with E-state index in [4.69, 9.17) is 14.2 Å². The van der Waals surface area contributed by atoms with Crippen molar-refractivity contribution in [2.45, 2.75) is 12.8 Å². The Morgan fingerprint density at radius 3 is 2.59 bits per heavy atom. The van der Waals surface area contributed by atoms with Gasteiger partial charge in [-0.15, -0.1) is 0 Å². The van der Waals surface area contributed by atoms with Crippen molar-refractivity contribution in [1.29, 1.82) is 0 Å². The van der Waals surface area contributed by atoms with E-state index in [2.05, 4.69) is 0 Å². The smallest absolute Gasteiger partial charge is 0.342 e. The van der Waals surface area contributed by atoms with Crippen molar-refractivity contribution in [2.75, 3.05) is 27.4 Å². The Bertz CT molecular complexity index is 598. The van der Waals surface area contributed by atoms with Gasteiger partial charge in [0.2, 0.25) is 5.91 Å². The Hall–Kier alpha value is -2.57. The number of likely N-dealkylation sites (tertiary alicyclic amines) is 1. The molecule has 1 aliphatic rings. The van der Waals surface area contributed by atoms with Crippen LogP contribution in [0.25, 0.3) is 0 Å². The summed E-state index contributed by atoms with van der Waals surface area (Å²) in [6.07, 6.45) is 0.997. The molecule has 0 N–H and O–H groups in total. The van der Waals surface area contributed by atoms with Crippen LogP contribution in [-0.4, -0.2) is 50.1 Å². The van der Waals surface area contributed by atoms with E-state index in [0.29, 0.717) is 25.1 Å². The fourth-order valence-corrected chi connectivity index (χ4v) is 2.16. The summed E-state index contributed by atoms with van der Waals surface area (Å²) in [6, 6.07) is 4.62. The van der Waals surface area contributed by atoms with E-state index in [0.717, 1.165) is 4.90 Å². The molecule has 1 aromatic carbocycles. The van der Waals surface area contributed by atoms with Crippen molar-refractivity contribution in [2.24, 2.45) is 0 Å². The largest absolute Gasteiger partial charge is 0.497 e. The summed E-state index contributed by atoms with van der Waals surface area (Å²) in [7, 11) is 2.91. The quantitative estimate of drug-likeness (QED) is 0.755. The van der Waals surface area contributed by atoms with Crippen molar-refractivity contribution in [3.63, 3.8) is 0 Å². The topological polar surface area (TPSA) is 82.1 Å². The Morgan fingerprint density at radius 1 is 1.23 bits per heavy atom. The number of benzene rings is 1.